The second kappa shape index (κ2) is 4.41. The Hall–Kier alpha value is -1.70. The Morgan fingerprint density at radius 3 is 1.50 bits per heavy atom. The molecule has 2 nitrogen and oxygen atoms in total. The van der Waals surface area contributed by atoms with Crippen molar-refractivity contribution in [3.8, 4) is 11.5 Å². The lowest BCUT2D eigenvalue weighted by Gasteiger charge is -2.40. The van der Waals surface area contributed by atoms with Gasteiger partial charge in [0.15, 0.2) is 0 Å². The maximum Gasteiger partial charge on any atom is 0.130 e. The molecule has 0 aliphatic heterocycles. The summed E-state index contributed by atoms with van der Waals surface area (Å²) in [4.78, 5) is 0. The van der Waals surface area contributed by atoms with Gasteiger partial charge >= 0.3 is 0 Å². The van der Waals surface area contributed by atoms with E-state index in [4.69, 9.17) is 9.47 Å². The van der Waals surface area contributed by atoms with Crippen LogP contribution < -0.4 is 9.47 Å². The van der Waals surface area contributed by atoms with Crippen molar-refractivity contribution < 1.29 is 9.47 Å². The van der Waals surface area contributed by atoms with Crippen LogP contribution in [0.3, 0.4) is 0 Å². The Balaban J connectivity index is 2.16. The predicted molar refractivity (Wildman–Crippen MR) is 81.0 cm³/mol. The van der Waals surface area contributed by atoms with E-state index in [1.165, 1.54) is 47.6 Å². The molecule has 0 saturated heterocycles. The van der Waals surface area contributed by atoms with Crippen molar-refractivity contribution in [2.45, 2.75) is 37.5 Å². The Bertz CT molecular complexity index is 608. The molecule has 5 rings (SSSR count). The minimum atomic E-state index is 0.656. The van der Waals surface area contributed by atoms with E-state index in [2.05, 4.69) is 24.3 Å². The quantitative estimate of drug-likeness (QED) is 0.791. The van der Waals surface area contributed by atoms with Crippen molar-refractivity contribution in [2.75, 3.05) is 14.2 Å². The number of fused-ring (bicyclic) bond motifs is 3. The molecule has 2 aromatic carbocycles. The van der Waals surface area contributed by atoms with E-state index >= 15 is 0 Å². The van der Waals surface area contributed by atoms with Crippen LogP contribution in [-0.2, 0) is 0 Å². The largest absolute Gasteiger partial charge is 0.496 e. The highest BCUT2D eigenvalue weighted by atomic mass is 16.5. The van der Waals surface area contributed by atoms with Gasteiger partial charge in [0.25, 0.3) is 0 Å². The first kappa shape index (κ1) is 12.1. The molecule has 104 valence electrons. The van der Waals surface area contributed by atoms with Gasteiger partial charge < -0.3 is 9.47 Å². The van der Waals surface area contributed by atoms with Crippen LogP contribution in [0.15, 0.2) is 24.3 Å². The van der Waals surface area contributed by atoms with Gasteiger partial charge in [-0.05, 0) is 37.5 Å². The van der Waals surface area contributed by atoms with Crippen LogP contribution in [-0.4, -0.2) is 14.2 Å². The molecule has 0 spiro atoms. The fourth-order valence-corrected chi connectivity index (χ4v) is 4.34. The van der Waals surface area contributed by atoms with Gasteiger partial charge in [-0.3, -0.25) is 0 Å². The fraction of sp³-hybridized carbons (Fsp3) is 0.444. The van der Waals surface area contributed by atoms with Crippen molar-refractivity contribution >= 4 is 10.8 Å². The Morgan fingerprint density at radius 1 is 0.750 bits per heavy atom. The fourth-order valence-electron chi connectivity index (χ4n) is 4.34. The van der Waals surface area contributed by atoms with Crippen LogP contribution in [0.1, 0.15) is 48.6 Å². The molecular formula is C18H20O2. The summed E-state index contributed by atoms with van der Waals surface area (Å²) in [5.41, 5.74) is 2.87. The highest BCUT2D eigenvalue weighted by Crippen LogP contribution is 2.57. The third kappa shape index (κ3) is 1.45. The summed E-state index contributed by atoms with van der Waals surface area (Å²) in [6, 6.07) is 8.47. The molecule has 20 heavy (non-hydrogen) atoms. The van der Waals surface area contributed by atoms with Crippen molar-refractivity contribution in [1.82, 2.24) is 0 Å². The Labute approximate surface area is 119 Å². The van der Waals surface area contributed by atoms with Crippen LogP contribution in [0, 0.1) is 0 Å². The van der Waals surface area contributed by atoms with Crippen LogP contribution in [0.2, 0.25) is 0 Å². The monoisotopic (exact) mass is 268 g/mol. The van der Waals surface area contributed by atoms with Gasteiger partial charge in [0.05, 0.1) is 14.2 Å². The standard InChI is InChI=1S/C18H20O2/c1-19-17-13-5-3-4-6-14(13)18(20-2)16-12-9-7-11(8-10-12)15(16)17/h3-6,11-12H,7-10H2,1-2H3. The Kier molecular flexibility index (Phi) is 2.66. The van der Waals surface area contributed by atoms with Crippen molar-refractivity contribution in [2.24, 2.45) is 0 Å². The summed E-state index contributed by atoms with van der Waals surface area (Å²) in [5, 5.41) is 2.39. The molecule has 0 heterocycles. The van der Waals surface area contributed by atoms with E-state index in [1.807, 2.05) is 0 Å². The SMILES string of the molecule is COc1c2c(c(OC)c3ccccc13)C1CCC2CC1. The summed E-state index contributed by atoms with van der Waals surface area (Å²) in [6.07, 6.45) is 5.20. The molecule has 0 aromatic heterocycles. The lowest BCUT2D eigenvalue weighted by Crippen LogP contribution is -2.23. The first-order valence-electron chi connectivity index (χ1n) is 7.51. The van der Waals surface area contributed by atoms with E-state index in [1.54, 1.807) is 14.2 Å². The number of hydrogen-bond donors (Lipinski definition) is 0. The normalized spacial score (nSPS) is 23.7. The predicted octanol–water partition coefficient (Wildman–Crippen LogP) is 4.61. The van der Waals surface area contributed by atoms with Gasteiger partial charge in [-0.15, -0.1) is 0 Å². The molecule has 1 fully saturated rings. The summed E-state index contributed by atoms with van der Waals surface area (Å²) >= 11 is 0. The highest BCUT2D eigenvalue weighted by molar-refractivity contribution is 5.96. The molecule has 0 atom stereocenters. The minimum Gasteiger partial charge on any atom is -0.496 e. The summed E-state index contributed by atoms with van der Waals surface area (Å²) < 4.78 is 11.6. The maximum absolute atomic E-state index is 5.82. The van der Waals surface area contributed by atoms with E-state index in [0.717, 1.165) is 11.5 Å². The highest BCUT2D eigenvalue weighted by Gasteiger charge is 2.38. The second-order valence-electron chi connectivity index (χ2n) is 5.99. The number of ether oxygens (including phenoxy) is 2. The van der Waals surface area contributed by atoms with Crippen LogP contribution in [0.25, 0.3) is 10.8 Å². The lowest BCUT2D eigenvalue weighted by atomic mass is 9.66. The Morgan fingerprint density at radius 2 is 1.15 bits per heavy atom. The molecule has 3 aliphatic rings. The topological polar surface area (TPSA) is 18.5 Å². The number of methoxy groups -OCH3 is 2. The maximum atomic E-state index is 5.82. The van der Waals surface area contributed by atoms with Gasteiger partial charge in [0.2, 0.25) is 0 Å². The zero-order chi connectivity index (χ0) is 13.7. The lowest BCUT2D eigenvalue weighted by molar-refractivity contribution is 0.322. The molecule has 2 aromatic rings. The number of benzene rings is 2. The van der Waals surface area contributed by atoms with E-state index in [9.17, 15) is 0 Å². The molecule has 3 aliphatic carbocycles. The van der Waals surface area contributed by atoms with Crippen molar-refractivity contribution in [3.63, 3.8) is 0 Å². The third-order valence-corrected chi connectivity index (χ3v) is 5.15. The molecule has 0 N–H and O–H groups in total. The summed E-state index contributed by atoms with van der Waals surface area (Å²) in [5.74, 6) is 3.49. The number of hydrogen-bond acceptors (Lipinski definition) is 2. The number of rotatable bonds is 2. The van der Waals surface area contributed by atoms with Crippen molar-refractivity contribution in [3.05, 3.63) is 35.4 Å². The van der Waals surface area contributed by atoms with E-state index in [0.29, 0.717) is 11.8 Å². The molecule has 2 heteroatoms. The first-order chi connectivity index (χ1) is 9.85. The summed E-state index contributed by atoms with van der Waals surface area (Å²) in [7, 11) is 3.60. The molecule has 0 unspecified atom stereocenters. The average molecular weight is 268 g/mol. The minimum absolute atomic E-state index is 0.656. The van der Waals surface area contributed by atoms with Gasteiger partial charge in [-0.25, -0.2) is 0 Å². The van der Waals surface area contributed by atoms with Crippen LogP contribution in [0.4, 0.5) is 0 Å². The molecular weight excluding hydrogens is 248 g/mol. The van der Waals surface area contributed by atoms with Crippen LogP contribution in [0.5, 0.6) is 11.5 Å². The molecule has 1 saturated carbocycles. The summed E-state index contributed by atoms with van der Waals surface area (Å²) in [6.45, 7) is 0. The zero-order valence-electron chi connectivity index (χ0n) is 12.1. The first-order valence-corrected chi connectivity index (χ1v) is 7.51. The smallest absolute Gasteiger partial charge is 0.130 e. The molecule has 0 amide bonds. The van der Waals surface area contributed by atoms with E-state index in [-0.39, 0.29) is 0 Å². The van der Waals surface area contributed by atoms with Gasteiger partial charge in [0.1, 0.15) is 11.5 Å². The van der Waals surface area contributed by atoms with Gasteiger partial charge in [0, 0.05) is 21.9 Å². The van der Waals surface area contributed by atoms with Gasteiger partial charge in [-0.2, -0.15) is 0 Å². The molecule has 0 radical (unpaired) electrons. The van der Waals surface area contributed by atoms with Gasteiger partial charge in [-0.1, -0.05) is 24.3 Å². The molecule has 2 bridgehead atoms. The van der Waals surface area contributed by atoms with E-state index < -0.39 is 0 Å². The average Bonchev–Trinajstić information content (AvgIpc) is 2.53. The van der Waals surface area contributed by atoms with Crippen LogP contribution >= 0.6 is 0 Å². The second-order valence-corrected chi connectivity index (χ2v) is 5.99. The third-order valence-electron chi connectivity index (χ3n) is 5.15. The zero-order valence-corrected chi connectivity index (χ0v) is 12.1. The van der Waals surface area contributed by atoms with Crippen molar-refractivity contribution in [1.29, 1.82) is 0 Å².